The smallest absolute Gasteiger partial charge is 0.111 e. The maximum Gasteiger partial charge on any atom is 0.111 e. The molecule has 0 atom stereocenters. The highest BCUT2D eigenvalue weighted by molar-refractivity contribution is 7.26. The molecule has 0 aliphatic rings. The summed E-state index contributed by atoms with van der Waals surface area (Å²) < 4.78 is 7.29. The zero-order valence-corrected chi connectivity index (χ0v) is 21.6. The van der Waals surface area contributed by atoms with Gasteiger partial charge in [-0.25, -0.2) is 0 Å². The largest absolute Gasteiger partial charge is 0.299 e. The van der Waals surface area contributed by atoms with E-state index < -0.39 is 0 Å². The molecule has 0 unspecified atom stereocenters. The van der Waals surface area contributed by atoms with E-state index in [1.165, 1.54) is 40.6 Å². The van der Waals surface area contributed by atoms with Crippen LogP contribution in [0.3, 0.4) is 0 Å². The van der Waals surface area contributed by atoms with Gasteiger partial charge in [-0.1, -0.05) is 36.4 Å². The second kappa shape index (κ2) is 7.51. The van der Waals surface area contributed by atoms with Gasteiger partial charge in [-0.2, -0.15) is 0 Å². The molecule has 0 aliphatic carbocycles. The Morgan fingerprint density at radius 1 is 0.474 bits per heavy atom. The third-order valence-electron chi connectivity index (χ3n) is 7.45. The van der Waals surface area contributed by atoms with Crippen LogP contribution in [0.5, 0.6) is 0 Å². The highest BCUT2D eigenvalue weighted by atomic mass is 32.1. The number of thiophene rings is 2. The van der Waals surface area contributed by atoms with Gasteiger partial charge >= 0.3 is 0 Å². The Hall–Kier alpha value is -4.52. The molecule has 0 fully saturated rings. The zero-order chi connectivity index (χ0) is 24.8. The third-order valence-corrected chi connectivity index (χ3v) is 9.77. The average molecular weight is 523 g/mol. The van der Waals surface area contributed by atoms with E-state index in [4.69, 9.17) is 9.97 Å². The first-order chi connectivity index (χ1) is 18.9. The molecule has 0 N–H and O–H groups in total. The summed E-state index contributed by atoms with van der Waals surface area (Å²) in [6.07, 6.45) is 3.78. The minimum atomic E-state index is 1.05. The predicted octanol–water partition coefficient (Wildman–Crippen LogP) is 9.10. The molecule has 3 aromatic carbocycles. The van der Waals surface area contributed by atoms with E-state index in [2.05, 4.69) is 94.1 Å². The summed E-state index contributed by atoms with van der Waals surface area (Å²) in [7, 11) is 0. The molecule has 178 valence electrons. The molecule has 4 nitrogen and oxygen atoms in total. The highest BCUT2D eigenvalue weighted by Gasteiger charge is 2.20. The average Bonchev–Trinajstić information content (AvgIpc) is 3.69. The van der Waals surface area contributed by atoms with E-state index in [1.54, 1.807) is 0 Å². The van der Waals surface area contributed by atoms with Crippen LogP contribution in [-0.4, -0.2) is 19.1 Å². The Kier molecular flexibility index (Phi) is 4.06. The SMILES string of the molecule is c1ccc2c(c1)sc1c2c2ncccc2n1-c1ccc(-n2c3cccnc3c3c4ccccc4sc32)cc1. The van der Waals surface area contributed by atoms with Crippen LogP contribution in [0.4, 0.5) is 0 Å². The number of hydrogen-bond donors (Lipinski definition) is 0. The van der Waals surface area contributed by atoms with Gasteiger partial charge in [-0.3, -0.25) is 19.1 Å². The molecule has 0 saturated heterocycles. The standard InChI is InChI=1S/C32H18N4S2/c1-3-11-25-21(7-1)27-29-23(9-5-17-33-29)35(31(27)37-25)19-13-15-20(16-14-19)36-24-10-6-18-34-30(24)28-22-8-2-4-12-26(22)38-32(28)36/h1-18H. The van der Waals surface area contributed by atoms with E-state index in [0.717, 1.165) is 33.4 Å². The van der Waals surface area contributed by atoms with Gasteiger partial charge in [0.1, 0.15) is 9.66 Å². The Morgan fingerprint density at radius 3 is 1.39 bits per heavy atom. The van der Waals surface area contributed by atoms with Crippen molar-refractivity contribution in [3.8, 4) is 11.4 Å². The predicted molar refractivity (Wildman–Crippen MR) is 161 cm³/mol. The van der Waals surface area contributed by atoms with Crippen LogP contribution in [-0.2, 0) is 0 Å². The van der Waals surface area contributed by atoms with E-state index in [1.807, 2.05) is 47.2 Å². The topological polar surface area (TPSA) is 35.6 Å². The first kappa shape index (κ1) is 20.5. The molecular weight excluding hydrogens is 505 g/mol. The van der Waals surface area contributed by atoms with Gasteiger partial charge in [-0.15, -0.1) is 22.7 Å². The number of hydrogen-bond acceptors (Lipinski definition) is 4. The summed E-state index contributed by atoms with van der Waals surface area (Å²) in [5, 5.41) is 5.01. The minimum absolute atomic E-state index is 1.05. The molecule has 0 bridgehead atoms. The highest BCUT2D eigenvalue weighted by Crippen LogP contribution is 2.43. The van der Waals surface area contributed by atoms with E-state index >= 15 is 0 Å². The van der Waals surface area contributed by atoms with Crippen LogP contribution in [0, 0.1) is 0 Å². The van der Waals surface area contributed by atoms with Crippen molar-refractivity contribution in [3.63, 3.8) is 0 Å². The number of nitrogens with zero attached hydrogens (tertiary/aromatic N) is 4. The minimum Gasteiger partial charge on any atom is -0.299 e. The van der Waals surface area contributed by atoms with Crippen molar-refractivity contribution in [2.45, 2.75) is 0 Å². The number of aromatic nitrogens is 4. The first-order valence-corrected chi connectivity index (χ1v) is 14.1. The van der Waals surface area contributed by atoms with Crippen molar-refractivity contribution in [2.24, 2.45) is 0 Å². The number of pyridine rings is 2. The van der Waals surface area contributed by atoms with Crippen molar-refractivity contribution in [1.29, 1.82) is 0 Å². The van der Waals surface area contributed by atoms with Gasteiger partial charge in [0.15, 0.2) is 0 Å². The summed E-state index contributed by atoms with van der Waals surface area (Å²) in [5.41, 5.74) is 6.65. The van der Waals surface area contributed by atoms with Crippen LogP contribution in [0.25, 0.3) is 74.0 Å². The second-order valence-corrected chi connectivity index (χ2v) is 11.5. The molecule has 0 spiro atoms. The Bertz CT molecular complexity index is 2180. The van der Waals surface area contributed by atoms with Gasteiger partial charge in [0, 0.05) is 54.7 Å². The molecule has 38 heavy (non-hydrogen) atoms. The molecule has 9 rings (SSSR count). The van der Waals surface area contributed by atoms with Crippen molar-refractivity contribution >= 4 is 85.3 Å². The van der Waals surface area contributed by atoms with Gasteiger partial charge in [-0.05, 0) is 60.7 Å². The van der Waals surface area contributed by atoms with Gasteiger partial charge in [0.25, 0.3) is 0 Å². The summed E-state index contributed by atoms with van der Waals surface area (Å²) >= 11 is 3.66. The van der Waals surface area contributed by atoms with Crippen molar-refractivity contribution in [1.82, 2.24) is 19.1 Å². The van der Waals surface area contributed by atoms with E-state index in [-0.39, 0.29) is 0 Å². The number of benzene rings is 3. The Morgan fingerprint density at radius 2 is 0.921 bits per heavy atom. The van der Waals surface area contributed by atoms with Crippen LogP contribution in [0.15, 0.2) is 109 Å². The summed E-state index contributed by atoms with van der Waals surface area (Å²) in [4.78, 5) is 12.1. The van der Waals surface area contributed by atoms with E-state index in [9.17, 15) is 0 Å². The van der Waals surface area contributed by atoms with Gasteiger partial charge < -0.3 is 0 Å². The van der Waals surface area contributed by atoms with Crippen molar-refractivity contribution < 1.29 is 0 Å². The first-order valence-electron chi connectivity index (χ1n) is 12.5. The monoisotopic (exact) mass is 522 g/mol. The lowest BCUT2D eigenvalue weighted by Crippen LogP contribution is -1.96. The van der Waals surface area contributed by atoms with Crippen LogP contribution < -0.4 is 0 Å². The lowest BCUT2D eigenvalue weighted by Gasteiger charge is -2.10. The maximum absolute atomic E-state index is 4.80. The maximum atomic E-state index is 4.80. The Labute approximate surface area is 224 Å². The van der Waals surface area contributed by atoms with Gasteiger partial charge in [0.05, 0.1) is 22.1 Å². The molecule has 0 saturated carbocycles. The van der Waals surface area contributed by atoms with Gasteiger partial charge in [0.2, 0.25) is 0 Å². The number of fused-ring (bicyclic) bond motifs is 10. The lowest BCUT2D eigenvalue weighted by molar-refractivity contribution is 1.15. The fourth-order valence-electron chi connectivity index (χ4n) is 5.86. The van der Waals surface area contributed by atoms with Crippen molar-refractivity contribution in [3.05, 3.63) is 109 Å². The third kappa shape index (κ3) is 2.63. The normalized spacial score (nSPS) is 12.2. The quantitative estimate of drug-likeness (QED) is 0.227. The van der Waals surface area contributed by atoms with Crippen LogP contribution >= 0.6 is 22.7 Å². The molecule has 0 radical (unpaired) electrons. The summed E-state index contributed by atoms with van der Waals surface area (Å²) in [5.74, 6) is 0. The molecule has 0 aliphatic heterocycles. The molecular formula is C32H18N4S2. The lowest BCUT2D eigenvalue weighted by atomic mass is 10.2. The van der Waals surface area contributed by atoms with Crippen LogP contribution in [0.2, 0.25) is 0 Å². The molecule has 6 aromatic heterocycles. The molecule has 0 amide bonds. The fourth-order valence-corrected chi connectivity index (χ4v) is 8.34. The molecule has 6 heteroatoms. The summed E-state index contributed by atoms with van der Waals surface area (Å²) in [6, 6.07) is 34.6. The fraction of sp³-hybridized carbons (Fsp3) is 0. The van der Waals surface area contributed by atoms with Crippen LogP contribution in [0.1, 0.15) is 0 Å². The zero-order valence-electron chi connectivity index (χ0n) is 20.0. The van der Waals surface area contributed by atoms with E-state index in [0.29, 0.717) is 0 Å². The second-order valence-electron chi connectivity index (χ2n) is 9.49. The van der Waals surface area contributed by atoms with Crippen molar-refractivity contribution in [2.75, 3.05) is 0 Å². The number of rotatable bonds is 2. The Balaban J connectivity index is 1.30. The molecule has 9 aromatic rings. The molecule has 6 heterocycles. The summed E-state index contributed by atoms with van der Waals surface area (Å²) in [6.45, 7) is 0.